The predicted octanol–water partition coefficient (Wildman–Crippen LogP) is 0.932. The second kappa shape index (κ2) is 2.41. The van der Waals surface area contributed by atoms with Crippen LogP contribution >= 0.6 is 0 Å². The van der Waals surface area contributed by atoms with Crippen molar-refractivity contribution in [3.8, 4) is 0 Å². The first-order chi connectivity index (χ1) is 5.77. The minimum Gasteiger partial charge on any atom is -0.293 e. The maximum absolute atomic E-state index is 10.9. The fourth-order valence-electron chi connectivity index (χ4n) is 1.00. The van der Waals surface area contributed by atoms with E-state index in [2.05, 4.69) is 10.1 Å². The SMILES string of the molecule is CC(=O)c1cn2ncccc2n1. The lowest BCUT2D eigenvalue weighted by molar-refractivity contribution is 0.101. The van der Waals surface area contributed by atoms with Gasteiger partial charge in [0.15, 0.2) is 11.4 Å². The largest absolute Gasteiger partial charge is 0.293 e. The van der Waals surface area contributed by atoms with E-state index in [9.17, 15) is 4.79 Å². The van der Waals surface area contributed by atoms with Gasteiger partial charge in [0.25, 0.3) is 0 Å². The summed E-state index contributed by atoms with van der Waals surface area (Å²) < 4.78 is 1.58. The molecule has 2 aromatic rings. The van der Waals surface area contributed by atoms with Crippen molar-refractivity contribution in [2.75, 3.05) is 0 Å². The first kappa shape index (κ1) is 6.97. The van der Waals surface area contributed by atoms with Gasteiger partial charge in [-0.15, -0.1) is 0 Å². The first-order valence-corrected chi connectivity index (χ1v) is 3.59. The molecule has 0 unspecified atom stereocenters. The smallest absolute Gasteiger partial charge is 0.179 e. The van der Waals surface area contributed by atoms with E-state index in [1.54, 1.807) is 29.0 Å². The highest BCUT2D eigenvalue weighted by Gasteiger charge is 2.04. The molecule has 12 heavy (non-hydrogen) atoms. The van der Waals surface area contributed by atoms with E-state index >= 15 is 0 Å². The summed E-state index contributed by atoms with van der Waals surface area (Å²) in [6.45, 7) is 1.49. The minimum absolute atomic E-state index is 0.0412. The van der Waals surface area contributed by atoms with Gasteiger partial charge in [0.2, 0.25) is 0 Å². The highest BCUT2D eigenvalue weighted by molar-refractivity contribution is 5.92. The van der Waals surface area contributed by atoms with Crippen molar-refractivity contribution < 1.29 is 4.79 Å². The third-order valence-corrected chi connectivity index (χ3v) is 1.60. The Bertz CT molecular complexity index is 400. The molecule has 2 heterocycles. The lowest BCUT2D eigenvalue weighted by Crippen LogP contribution is -1.90. The van der Waals surface area contributed by atoms with Gasteiger partial charge in [0.1, 0.15) is 5.69 Å². The van der Waals surface area contributed by atoms with Crippen molar-refractivity contribution in [1.82, 2.24) is 14.6 Å². The summed E-state index contributed by atoms with van der Waals surface area (Å²) in [5.74, 6) is -0.0412. The van der Waals surface area contributed by atoms with Crippen molar-refractivity contribution in [3.63, 3.8) is 0 Å². The summed E-state index contributed by atoms with van der Waals surface area (Å²) in [5.41, 5.74) is 1.15. The maximum Gasteiger partial charge on any atom is 0.179 e. The third kappa shape index (κ3) is 0.972. The Morgan fingerprint density at radius 1 is 1.58 bits per heavy atom. The van der Waals surface area contributed by atoms with Crippen molar-refractivity contribution in [2.45, 2.75) is 6.92 Å². The predicted molar refractivity (Wildman–Crippen MR) is 43.0 cm³/mol. The summed E-state index contributed by atoms with van der Waals surface area (Å²) >= 11 is 0. The second-order valence-electron chi connectivity index (χ2n) is 2.51. The minimum atomic E-state index is -0.0412. The molecule has 0 atom stereocenters. The summed E-state index contributed by atoms with van der Waals surface area (Å²) in [7, 11) is 0. The second-order valence-corrected chi connectivity index (χ2v) is 2.51. The van der Waals surface area contributed by atoms with Gasteiger partial charge in [-0.25, -0.2) is 9.50 Å². The Labute approximate surface area is 68.8 Å². The average molecular weight is 161 g/mol. The molecule has 0 amide bonds. The molecule has 60 valence electrons. The highest BCUT2D eigenvalue weighted by atomic mass is 16.1. The van der Waals surface area contributed by atoms with Crippen LogP contribution in [-0.4, -0.2) is 20.4 Å². The zero-order chi connectivity index (χ0) is 8.55. The van der Waals surface area contributed by atoms with Crippen LogP contribution in [0, 0.1) is 0 Å². The monoisotopic (exact) mass is 161 g/mol. The molecule has 2 aromatic heterocycles. The zero-order valence-electron chi connectivity index (χ0n) is 6.56. The van der Waals surface area contributed by atoms with E-state index in [1.165, 1.54) is 6.92 Å². The van der Waals surface area contributed by atoms with Gasteiger partial charge < -0.3 is 0 Å². The van der Waals surface area contributed by atoms with E-state index in [0.717, 1.165) is 0 Å². The molecular weight excluding hydrogens is 154 g/mol. The van der Waals surface area contributed by atoms with Gasteiger partial charge in [0, 0.05) is 13.1 Å². The molecule has 0 spiro atoms. The molecule has 0 aliphatic carbocycles. The molecule has 0 saturated carbocycles. The fourth-order valence-corrected chi connectivity index (χ4v) is 1.00. The number of rotatable bonds is 1. The number of imidazole rings is 1. The summed E-state index contributed by atoms with van der Waals surface area (Å²) in [6, 6.07) is 3.59. The number of ketones is 1. The normalized spacial score (nSPS) is 10.4. The molecule has 0 N–H and O–H groups in total. The molecule has 0 radical (unpaired) electrons. The van der Waals surface area contributed by atoms with E-state index < -0.39 is 0 Å². The number of Topliss-reactive ketones (excluding diaryl/α,β-unsaturated/α-hetero) is 1. The number of aromatic nitrogens is 3. The Morgan fingerprint density at radius 2 is 2.42 bits per heavy atom. The summed E-state index contributed by atoms with van der Waals surface area (Å²) in [4.78, 5) is 15.0. The quantitative estimate of drug-likeness (QED) is 0.584. The van der Waals surface area contributed by atoms with Gasteiger partial charge in [-0.2, -0.15) is 5.10 Å². The van der Waals surface area contributed by atoms with Crippen LogP contribution in [0.4, 0.5) is 0 Å². The molecule has 0 saturated heterocycles. The fraction of sp³-hybridized carbons (Fsp3) is 0.125. The maximum atomic E-state index is 10.9. The first-order valence-electron chi connectivity index (χ1n) is 3.59. The molecule has 4 nitrogen and oxygen atoms in total. The van der Waals surface area contributed by atoms with E-state index in [4.69, 9.17) is 0 Å². The van der Waals surface area contributed by atoms with Crippen LogP contribution < -0.4 is 0 Å². The zero-order valence-corrected chi connectivity index (χ0v) is 6.56. The molecule has 0 aliphatic heterocycles. The number of nitrogens with zero attached hydrogens (tertiary/aromatic N) is 3. The highest BCUT2D eigenvalue weighted by Crippen LogP contribution is 2.02. The van der Waals surface area contributed by atoms with Crippen LogP contribution in [0.25, 0.3) is 5.65 Å². The van der Waals surface area contributed by atoms with Crippen molar-refractivity contribution in [3.05, 3.63) is 30.2 Å². The molecule has 0 aromatic carbocycles. The van der Waals surface area contributed by atoms with Gasteiger partial charge in [-0.3, -0.25) is 4.79 Å². The van der Waals surface area contributed by atoms with Crippen LogP contribution in [0.1, 0.15) is 17.4 Å². The van der Waals surface area contributed by atoms with Gasteiger partial charge in [0.05, 0.1) is 6.20 Å². The lowest BCUT2D eigenvalue weighted by Gasteiger charge is -1.85. The van der Waals surface area contributed by atoms with Crippen molar-refractivity contribution in [2.24, 2.45) is 0 Å². The van der Waals surface area contributed by atoms with Crippen LogP contribution in [0.2, 0.25) is 0 Å². The molecule has 0 fully saturated rings. The van der Waals surface area contributed by atoms with Crippen LogP contribution in [0.15, 0.2) is 24.5 Å². The van der Waals surface area contributed by atoms with Crippen molar-refractivity contribution >= 4 is 11.4 Å². The van der Waals surface area contributed by atoms with E-state index in [-0.39, 0.29) is 5.78 Å². The molecule has 2 rings (SSSR count). The lowest BCUT2D eigenvalue weighted by atomic mass is 10.3. The average Bonchev–Trinajstić information content (AvgIpc) is 2.46. The van der Waals surface area contributed by atoms with Gasteiger partial charge in [-0.05, 0) is 12.1 Å². The molecule has 0 bridgehead atoms. The van der Waals surface area contributed by atoms with E-state index in [1.807, 2.05) is 0 Å². The Kier molecular flexibility index (Phi) is 1.40. The Balaban J connectivity index is 2.70. The molecule has 0 aliphatic rings. The number of hydrogen-bond acceptors (Lipinski definition) is 3. The molecular formula is C8H7N3O. The topological polar surface area (TPSA) is 47.3 Å². The van der Waals surface area contributed by atoms with Crippen LogP contribution in [0.3, 0.4) is 0 Å². The van der Waals surface area contributed by atoms with Crippen LogP contribution in [0.5, 0.6) is 0 Å². The van der Waals surface area contributed by atoms with E-state index in [0.29, 0.717) is 11.3 Å². The summed E-state index contributed by atoms with van der Waals surface area (Å²) in [6.07, 6.45) is 3.27. The van der Waals surface area contributed by atoms with Gasteiger partial charge >= 0.3 is 0 Å². The van der Waals surface area contributed by atoms with Gasteiger partial charge in [-0.1, -0.05) is 0 Å². The number of fused-ring (bicyclic) bond motifs is 1. The Morgan fingerprint density at radius 3 is 3.08 bits per heavy atom. The number of hydrogen-bond donors (Lipinski definition) is 0. The molecule has 4 heteroatoms. The van der Waals surface area contributed by atoms with Crippen LogP contribution in [-0.2, 0) is 0 Å². The summed E-state index contributed by atoms with van der Waals surface area (Å²) in [5, 5.41) is 3.99. The number of carbonyl (C=O) groups is 1. The Hall–Kier alpha value is -1.71. The number of carbonyl (C=O) groups excluding carboxylic acids is 1. The standard InChI is InChI=1S/C8H7N3O/c1-6(12)7-5-11-8(10-7)3-2-4-9-11/h2-5H,1H3. The van der Waals surface area contributed by atoms with Crippen molar-refractivity contribution in [1.29, 1.82) is 0 Å². The third-order valence-electron chi connectivity index (χ3n) is 1.60.